The van der Waals surface area contributed by atoms with E-state index in [9.17, 15) is 0 Å². The van der Waals surface area contributed by atoms with Gasteiger partial charge in [0.1, 0.15) is 5.15 Å². The van der Waals surface area contributed by atoms with Crippen LogP contribution in [0.3, 0.4) is 0 Å². The van der Waals surface area contributed by atoms with Gasteiger partial charge in [-0.2, -0.15) is 5.10 Å². The molecule has 2 N–H and O–H groups in total. The largest absolute Gasteiger partial charge is 0.372 e. The summed E-state index contributed by atoms with van der Waals surface area (Å²) in [6.07, 6.45) is 4.70. The van der Waals surface area contributed by atoms with Gasteiger partial charge in [0, 0.05) is 18.7 Å². The van der Waals surface area contributed by atoms with Crippen molar-refractivity contribution in [1.82, 2.24) is 9.78 Å². The Morgan fingerprint density at radius 3 is 2.76 bits per heavy atom. The van der Waals surface area contributed by atoms with Crippen molar-refractivity contribution in [2.75, 3.05) is 0 Å². The Kier molecular flexibility index (Phi) is 4.07. The number of aryl methyl sites for hydroxylation is 2. The van der Waals surface area contributed by atoms with Crippen LogP contribution in [0, 0.1) is 6.92 Å². The minimum atomic E-state index is 0.166. The van der Waals surface area contributed by atoms with Crippen LogP contribution in [0.25, 0.3) is 0 Å². The lowest BCUT2D eigenvalue weighted by Crippen LogP contribution is -2.39. The molecule has 1 saturated carbocycles. The van der Waals surface area contributed by atoms with E-state index in [0.29, 0.717) is 11.8 Å². The van der Waals surface area contributed by atoms with Crippen molar-refractivity contribution in [2.24, 2.45) is 12.8 Å². The third-order valence-corrected chi connectivity index (χ3v) is 3.94. The molecule has 0 aromatic carbocycles. The van der Waals surface area contributed by atoms with Crippen molar-refractivity contribution in [3.8, 4) is 0 Å². The van der Waals surface area contributed by atoms with Crippen LogP contribution in [0.2, 0.25) is 5.15 Å². The maximum atomic E-state index is 6.16. The second-order valence-corrected chi connectivity index (χ2v) is 5.13. The average Bonchev–Trinajstić information content (AvgIpc) is 2.53. The van der Waals surface area contributed by atoms with E-state index >= 15 is 0 Å². The van der Waals surface area contributed by atoms with E-state index in [1.54, 1.807) is 4.68 Å². The Morgan fingerprint density at radius 1 is 1.47 bits per heavy atom. The predicted molar refractivity (Wildman–Crippen MR) is 68.0 cm³/mol. The summed E-state index contributed by atoms with van der Waals surface area (Å²) in [5.74, 6) is 0. The molecule has 1 aliphatic rings. The zero-order valence-corrected chi connectivity index (χ0v) is 11.2. The third kappa shape index (κ3) is 2.81. The van der Waals surface area contributed by atoms with Gasteiger partial charge >= 0.3 is 0 Å². The summed E-state index contributed by atoms with van der Waals surface area (Å²) in [6, 6.07) is 0.166. The quantitative estimate of drug-likeness (QED) is 0.903. The molecule has 5 heteroatoms. The van der Waals surface area contributed by atoms with Crippen molar-refractivity contribution >= 4 is 11.6 Å². The molecule has 2 unspecified atom stereocenters. The summed E-state index contributed by atoms with van der Waals surface area (Å²) in [6.45, 7) is 2.46. The van der Waals surface area contributed by atoms with Gasteiger partial charge in [-0.15, -0.1) is 0 Å². The fourth-order valence-electron chi connectivity index (χ4n) is 2.36. The van der Waals surface area contributed by atoms with E-state index in [-0.39, 0.29) is 12.1 Å². The van der Waals surface area contributed by atoms with Crippen LogP contribution < -0.4 is 5.73 Å². The van der Waals surface area contributed by atoms with Gasteiger partial charge in [0.25, 0.3) is 0 Å². The molecule has 96 valence electrons. The lowest BCUT2D eigenvalue weighted by Gasteiger charge is -2.28. The summed E-state index contributed by atoms with van der Waals surface area (Å²) in [5, 5.41) is 4.93. The summed E-state index contributed by atoms with van der Waals surface area (Å²) < 4.78 is 7.57. The highest BCUT2D eigenvalue weighted by Crippen LogP contribution is 2.24. The lowest BCUT2D eigenvalue weighted by atomic mass is 9.93. The average molecular weight is 258 g/mol. The molecule has 2 rings (SSSR count). The molecular weight excluding hydrogens is 238 g/mol. The molecule has 17 heavy (non-hydrogen) atoms. The van der Waals surface area contributed by atoms with Gasteiger partial charge < -0.3 is 10.5 Å². The highest BCUT2D eigenvalue weighted by Gasteiger charge is 2.23. The first kappa shape index (κ1) is 12.9. The maximum absolute atomic E-state index is 6.16. The Labute approximate surface area is 107 Å². The molecule has 0 radical (unpaired) electrons. The lowest BCUT2D eigenvalue weighted by molar-refractivity contribution is 0.00386. The summed E-state index contributed by atoms with van der Waals surface area (Å²) in [7, 11) is 1.84. The third-order valence-electron chi connectivity index (χ3n) is 3.47. The zero-order valence-electron chi connectivity index (χ0n) is 10.4. The van der Waals surface area contributed by atoms with E-state index in [1.165, 1.54) is 12.8 Å². The highest BCUT2D eigenvalue weighted by molar-refractivity contribution is 6.30. The summed E-state index contributed by atoms with van der Waals surface area (Å²) in [4.78, 5) is 0. The SMILES string of the molecule is Cc1nn(C)c(Cl)c1COC1CCCCC1N. The molecule has 1 aromatic rings. The van der Waals surface area contributed by atoms with Crippen LogP contribution in [0.4, 0.5) is 0 Å². The molecule has 1 heterocycles. The number of ether oxygens (including phenoxy) is 1. The standard InChI is InChI=1S/C12H20ClN3O/c1-8-9(12(13)16(2)15-8)7-17-11-6-4-3-5-10(11)14/h10-11H,3-7,14H2,1-2H3. The number of nitrogens with two attached hydrogens (primary N) is 1. The van der Waals surface area contributed by atoms with Crippen LogP contribution in [-0.4, -0.2) is 21.9 Å². The number of rotatable bonds is 3. The molecule has 1 aromatic heterocycles. The first-order chi connectivity index (χ1) is 8.09. The number of hydrogen-bond donors (Lipinski definition) is 1. The van der Waals surface area contributed by atoms with Gasteiger partial charge in [0.2, 0.25) is 0 Å². The summed E-state index contributed by atoms with van der Waals surface area (Å²) >= 11 is 6.16. The van der Waals surface area contributed by atoms with Crippen LogP contribution in [0.15, 0.2) is 0 Å². The second kappa shape index (κ2) is 5.38. The van der Waals surface area contributed by atoms with E-state index in [1.807, 2.05) is 14.0 Å². The van der Waals surface area contributed by atoms with Crippen molar-refractivity contribution in [1.29, 1.82) is 0 Å². The zero-order chi connectivity index (χ0) is 12.4. The van der Waals surface area contributed by atoms with Gasteiger partial charge in [0.15, 0.2) is 0 Å². The van der Waals surface area contributed by atoms with Gasteiger partial charge in [-0.3, -0.25) is 4.68 Å². The number of hydrogen-bond acceptors (Lipinski definition) is 3. The fourth-order valence-corrected chi connectivity index (χ4v) is 2.59. The van der Waals surface area contributed by atoms with Crippen molar-refractivity contribution in [2.45, 2.75) is 51.4 Å². The minimum absolute atomic E-state index is 0.166. The first-order valence-electron chi connectivity index (χ1n) is 6.14. The predicted octanol–water partition coefficient (Wildman–Crippen LogP) is 2.17. The smallest absolute Gasteiger partial charge is 0.132 e. The molecular formula is C12H20ClN3O. The van der Waals surface area contributed by atoms with E-state index in [4.69, 9.17) is 22.1 Å². The molecule has 0 saturated heterocycles. The first-order valence-corrected chi connectivity index (χ1v) is 6.52. The molecule has 0 aliphatic heterocycles. The highest BCUT2D eigenvalue weighted by atomic mass is 35.5. The van der Waals surface area contributed by atoms with E-state index < -0.39 is 0 Å². The van der Waals surface area contributed by atoms with Crippen LogP contribution >= 0.6 is 11.6 Å². The Balaban J connectivity index is 1.97. The van der Waals surface area contributed by atoms with Crippen molar-refractivity contribution < 1.29 is 4.74 Å². The minimum Gasteiger partial charge on any atom is -0.372 e. The normalized spacial score (nSPS) is 25.2. The fraction of sp³-hybridized carbons (Fsp3) is 0.750. The molecule has 1 aliphatic carbocycles. The van der Waals surface area contributed by atoms with E-state index in [0.717, 1.165) is 24.1 Å². The van der Waals surface area contributed by atoms with Gasteiger partial charge in [-0.25, -0.2) is 0 Å². The Hall–Kier alpha value is -0.580. The van der Waals surface area contributed by atoms with Crippen LogP contribution in [0.1, 0.15) is 36.9 Å². The van der Waals surface area contributed by atoms with Gasteiger partial charge in [-0.05, 0) is 19.8 Å². The Bertz CT molecular complexity index is 391. The maximum Gasteiger partial charge on any atom is 0.132 e. The monoisotopic (exact) mass is 257 g/mol. The molecule has 0 spiro atoms. The molecule has 1 fully saturated rings. The topological polar surface area (TPSA) is 53.1 Å². The van der Waals surface area contributed by atoms with Crippen LogP contribution in [-0.2, 0) is 18.4 Å². The molecule has 4 nitrogen and oxygen atoms in total. The molecule has 0 bridgehead atoms. The van der Waals surface area contributed by atoms with Crippen molar-refractivity contribution in [3.63, 3.8) is 0 Å². The van der Waals surface area contributed by atoms with Crippen LogP contribution in [0.5, 0.6) is 0 Å². The number of halogens is 1. The number of aromatic nitrogens is 2. The summed E-state index contributed by atoms with van der Waals surface area (Å²) in [5.41, 5.74) is 7.96. The second-order valence-electron chi connectivity index (χ2n) is 4.78. The van der Waals surface area contributed by atoms with Gasteiger partial charge in [0.05, 0.1) is 18.4 Å². The van der Waals surface area contributed by atoms with Gasteiger partial charge in [-0.1, -0.05) is 24.4 Å². The Morgan fingerprint density at radius 2 is 2.18 bits per heavy atom. The molecule has 2 atom stereocenters. The molecule has 0 amide bonds. The van der Waals surface area contributed by atoms with Crippen molar-refractivity contribution in [3.05, 3.63) is 16.4 Å². The van der Waals surface area contributed by atoms with E-state index in [2.05, 4.69) is 5.10 Å². The number of nitrogens with zero attached hydrogens (tertiary/aromatic N) is 2.